The Morgan fingerprint density at radius 2 is 1.32 bits per heavy atom. The molecule has 6 rings (SSSR count). The van der Waals surface area contributed by atoms with E-state index in [9.17, 15) is 14.4 Å². The normalized spacial score (nSPS) is 13.5. The average Bonchev–Trinajstić information content (AvgIpc) is 2.78. The number of rotatable bonds is 1. The van der Waals surface area contributed by atoms with Crippen LogP contribution in [0.3, 0.4) is 0 Å². The zero-order valence-corrected chi connectivity index (χ0v) is 18.3. The lowest BCUT2D eigenvalue weighted by molar-refractivity contribution is 0.0893. The third-order valence-corrected chi connectivity index (χ3v) is 7.29. The van der Waals surface area contributed by atoms with E-state index in [1.54, 1.807) is 36.4 Å². The van der Waals surface area contributed by atoms with Gasteiger partial charge in [0.05, 0.1) is 5.69 Å². The third kappa shape index (κ3) is 2.62. The van der Waals surface area contributed by atoms with Crippen LogP contribution in [0.4, 0.5) is 5.69 Å². The second-order valence-corrected chi connectivity index (χ2v) is 9.41. The third-order valence-electron chi connectivity index (χ3n) is 5.64. The van der Waals surface area contributed by atoms with E-state index in [1.165, 1.54) is 16.2 Å². The Morgan fingerprint density at radius 1 is 0.710 bits per heavy atom. The molecule has 148 valence electrons. The van der Waals surface area contributed by atoms with Crippen LogP contribution in [0.25, 0.3) is 30.9 Å². The Hall–Kier alpha value is -3.35. The first-order valence-electron chi connectivity index (χ1n) is 9.59. The van der Waals surface area contributed by atoms with Crippen molar-refractivity contribution in [3.8, 4) is 0 Å². The number of imide groups is 1. The summed E-state index contributed by atoms with van der Waals surface area (Å²) in [5, 5.41) is 2.64. The first-order chi connectivity index (χ1) is 15.0. The molecule has 5 aromatic rings. The summed E-state index contributed by atoms with van der Waals surface area (Å²) < 4.78 is 2.52. The van der Waals surface area contributed by atoms with Gasteiger partial charge in [-0.1, -0.05) is 40.2 Å². The molecule has 1 aliphatic heterocycles. The van der Waals surface area contributed by atoms with E-state index in [0.29, 0.717) is 33.0 Å². The molecular weight excluding hydrogens is 474 g/mol. The molecule has 6 heteroatoms. The first-order valence-corrected chi connectivity index (χ1v) is 11.2. The molecule has 0 fully saturated rings. The Morgan fingerprint density at radius 3 is 2.00 bits per heavy atom. The zero-order valence-electron chi connectivity index (χ0n) is 15.9. The van der Waals surface area contributed by atoms with Crippen LogP contribution in [0.5, 0.6) is 0 Å². The topological polar surface area (TPSA) is 54.5 Å². The van der Waals surface area contributed by atoms with Gasteiger partial charge in [-0.15, -0.1) is 11.3 Å². The van der Waals surface area contributed by atoms with Gasteiger partial charge in [-0.3, -0.25) is 14.4 Å². The molecule has 0 radical (unpaired) electrons. The number of nitrogens with zero attached hydrogens (tertiary/aromatic N) is 1. The molecule has 2 heterocycles. The molecule has 0 aliphatic carbocycles. The highest BCUT2D eigenvalue weighted by molar-refractivity contribution is 9.10. The largest absolute Gasteiger partial charge is 0.289 e. The SMILES string of the molecule is O=C1c2cccc3cccc(c23)C(=O)N1c1ccc2sc3ccc(Br)cc3c(=O)c2c1. The van der Waals surface area contributed by atoms with Crippen molar-refractivity contribution < 1.29 is 9.59 Å². The monoisotopic (exact) mass is 485 g/mol. The maximum Gasteiger partial charge on any atom is 0.265 e. The molecular formula is C25H12BrNO3S. The summed E-state index contributed by atoms with van der Waals surface area (Å²) in [5.74, 6) is -0.762. The summed E-state index contributed by atoms with van der Waals surface area (Å²) >= 11 is 4.93. The van der Waals surface area contributed by atoms with Crippen molar-refractivity contribution in [2.24, 2.45) is 0 Å². The molecule has 0 unspecified atom stereocenters. The Bertz CT molecular complexity index is 1620. The molecule has 4 nitrogen and oxygen atoms in total. The van der Waals surface area contributed by atoms with E-state index in [4.69, 9.17) is 0 Å². The van der Waals surface area contributed by atoms with E-state index in [1.807, 2.05) is 36.4 Å². The summed E-state index contributed by atoms with van der Waals surface area (Å²) in [7, 11) is 0. The number of hydrogen-bond acceptors (Lipinski definition) is 4. The van der Waals surface area contributed by atoms with Gasteiger partial charge in [-0.2, -0.15) is 0 Å². The van der Waals surface area contributed by atoms with Crippen molar-refractivity contribution in [2.75, 3.05) is 4.90 Å². The van der Waals surface area contributed by atoms with Gasteiger partial charge in [-0.25, -0.2) is 4.90 Å². The van der Waals surface area contributed by atoms with Crippen LogP contribution < -0.4 is 10.3 Å². The van der Waals surface area contributed by atoms with E-state index in [-0.39, 0.29) is 17.2 Å². The number of carbonyl (C=O) groups excluding carboxylic acids is 2. The van der Waals surface area contributed by atoms with Crippen molar-refractivity contribution in [1.82, 2.24) is 0 Å². The van der Waals surface area contributed by atoms with Crippen LogP contribution in [0.15, 0.2) is 82.1 Å². The molecule has 1 aromatic heterocycles. The van der Waals surface area contributed by atoms with Crippen LogP contribution in [-0.4, -0.2) is 11.8 Å². The molecule has 0 atom stereocenters. The summed E-state index contributed by atoms with van der Waals surface area (Å²) in [4.78, 5) is 41.0. The number of benzene rings is 4. The maximum absolute atomic E-state index is 13.3. The van der Waals surface area contributed by atoms with E-state index in [0.717, 1.165) is 19.3 Å². The second-order valence-electron chi connectivity index (χ2n) is 7.41. The van der Waals surface area contributed by atoms with Gasteiger partial charge >= 0.3 is 0 Å². The fraction of sp³-hybridized carbons (Fsp3) is 0. The lowest BCUT2D eigenvalue weighted by Crippen LogP contribution is -2.40. The van der Waals surface area contributed by atoms with E-state index in [2.05, 4.69) is 15.9 Å². The molecule has 31 heavy (non-hydrogen) atoms. The lowest BCUT2D eigenvalue weighted by atomic mass is 9.93. The second kappa shape index (κ2) is 6.57. The molecule has 0 N–H and O–H groups in total. The van der Waals surface area contributed by atoms with Crippen molar-refractivity contribution in [1.29, 1.82) is 0 Å². The average molecular weight is 486 g/mol. The number of carbonyl (C=O) groups is 2. The molecule has 0 bridgehead atoms. The number of fused-ring (bicyclic) bond motifs is 2. The van der Waals surface area contributed by atoms with Crippen molar-refractivity contribution in [2.45, 2.75) is 0 Å². The minimum Gasteiger partial charge on any atom is -0.289 e. The van der Waals surface area contributed by atoms with Gasteiger partial charge < -0.3 is 0 Å². The first kappa shape index (κ1) is 18.4. The lowest BCUT2D eigenvalue weighted by Gasteiger charge is -2.27. The molecule has 0 saturated heterocycles. The molecule has 2 amide bonds. The van der Waals surface area contributed by atoms with E-state index >= 15 is 0 Å². The predicted molar refractivity (Wildman–Crippen MR) is 128 cm³/mol. The van der Waals surface area contributed by atoms with Crippen molar-refractivity contribution in [3.63, 3.8) is 0 Å². The van der Waals surface area contributed by atoms with Crippen LogP contribution in [0.1, 0.15) is 20.7 Å². The Balaban J connectivity index is 1.59. The van der Waals surface area contributed by atoms with Gasteiger partial charge in [0, 0.05) is 41.2 Å². The molecule has 0 saturated carbocycles. The van der Waals surface area contributed by atoms with Crippen LogP contribution in [0, 0.1) is 0 Å². The van der Waals surface area contributed by atoms with Crippen molar-refractivity contribution >= 4 is 75.7 Å². The highest BCUT2D eigenvalue weighted by Gasteiger charge is 2.34. The number of anilines is 1. The fourth-order valence-corrected chi connectivity index (χ4v) is 5.61. The fourth-order valence-electron chi connectivity index (χ4n) is 4.22. The van der Waals surface area contributed by atoms with Crippen molar-refractivity contribution in [3.05, 3.63) is 98.6 Å². The van der Waals surface area contributed by atoms with Gasteiger partial charge in [0.25, 0.3) is 11.8 Å². The maximum atomic E-state index is 13.3. The molecule has 0 spiro atoms. The van der Waals surface area contributed by atoms with Crippen LogP contribution >= 0.6 is 27.3 Å². The summed E-state index contributed by atoms with van der Waals surface area (Å²) in [6, 6.07) is 21.7. The zero-order chi connectivity index (χ0) is 21.3. The van der Waals surface area contributed by atoms with Gasteiger partial charge in [0.15, 0.2) is 5.43 Å². The summed E-state index contributed by atoms with van der Waals surface area (Å²) in [6.07, 6.45) is 0. The molecule has 4 aromatic carbocycles. The quantitative estimate of drug-likeness (QED) is 0.212. The Labute approximate surface area is 188 Å². The number of halogens is 1. The molecule has 1 aliphatic rings. The highest BCUT2D eigenvalue weighted by Crippen LogP contribution is 2.35. The Kier molecular flexibility index (Phi) is 3.91. The van der Waals surface area contributed by atoms with Crippen LogP contribution in [0.2, 0.25) is 0 Å². The van der Waals surface area contributed by atoms with E-state index < -0.39 is 0 Å². The standard InChI is InChI=1S/C25H12BrNO3S/c26-14-7-9-20-18(11-14)23(28)19-12-15(8-10-21(19)31-20)27-24(29)16-5-1-3-13-4-2-6-17(22(13)16)25(27)30/h1-12H. The predicted octanol–water partition coefficient (Wildman–Crippen LogP) is 6.13. The summed E-state index contributed by atoms with van der Waals surface area (Å²) in [6.45, 7) is 0. The van der Waals surface area contributed by atoms with Gasteiger partial charge in [0.1, 0.15) is 0 Å². The minimum atomic E-state index is -0.381. The van der Waals surface area contributed by atoms with Gasteiger partial charge in [0.2, 0.25) is 0 Å². The highest BCUT2D eigenvalue weighted by atomic mass is 79.9. The summed E-state index contributed by atoms with van der Waals surface area (Å²) in [5.41, 5.74) is 1.25. The smallest absolute Gasteiger partial charge is 0.265 e. The number of amides is 2. The van der Waals surface area contributed by atoms with Gasteiger partial charge in [-0.05, 0) is 53.9 Å². The number of hydrogen-bond donors (Lipinski definition) is 0. The van der Waals surface area contributed by atoms with Crippen LogP contribution in [-0.2, 0) is 0 Å². The minimum absolute atomic E-state index is 0.119.